The van der Waals surface area contributed by atoms with E-state index in [2.05, 4.69) is 14.6 Å². The third-order valence-corrected chi connectivity index (χ3v) is 7.36. The number of sulfonamides is 1. The van der Waals surface area contributed by atoms with Crippen LogP contribution in [0, 0.1) is 0 Å². The average molecular weight is 434 g/mol. The number of nitrogens with zero attached hydrogens (tertiary/aromatic N) is 2. The van der Waals surface area contributed by atoms with Crippen molar-refractivity contribution in [2.75, 3.05) is 18.0 Å². The molecule has 1 unspecified atom stereocenters. The summed E-state index contributed by atoms with van der Waals surface area (Å²) in [4.78, 5) is 6.80. The molecule has 1 saturated heterocycles. The summed E-state index contributed by atoms with van der Waals surface area (Å²) in [5.41, 5.74) is 1.88. The van der Waals surface area contributed by atoms with Gasteiger partial charge in [-0.3, -0.25) is 0 Å². The molecule has 146 valence electrons. The molecular formula is C20H20ClN3O2S2. The van der Waals surface area contributed by atoms with Crippen molar-refractivity contribution in [3.63, 3.8) is 0 Å². The fourth-order valence-electron chi connectivity index (χ4n) is 3.44. The fourth-order valence-corrected chi connectivity index (χ4v) is 5.45. The number of benzene rings is 2. The van der Waals surface area contributed by atoms with Crippen molar-refractivity contribution < 1.29 is 8.42 Å². The number of hydrogen-bond acceptors (Lipinski definition) is 5. The second kappa shape index (κ2) is 8.21. The lowest BCUT2D eigenvalue weighted by molar-refractivity contribution is 0.567. The molecule has 5 nitrogen and oxygen atoms in total. The number of hydrogen-bond donors (Lipinski definition) is 1. The van der Waals surface area contributed by atoms with Crippen LogP contribution in [0.4, 0.5) is 5.13 Å². The van der Waals surface area contributed by atoms with Crippen molar-refractivity contribution in [2.45, 2.75) is 23.8 Å². The summed E-state index contributed by atoms with van der Waals surface area (Å²) in [7, 11) is -3.57. The topological polar surface area (TPSA) is 62.3 Å². The first kappa shape index (κ1) is 19.4. The summed E-state index contributed by atoms with van der Waals surface area (Å²) in [5.74, 6) is 0. The van der Waals surface area contributed by atoms with Gasteiger partial charge in [-0.2, -0.15) is 0 Å². The molecule has 2 aromatic carbocycles. The largest absolute Gasteiger partial charge is 0.344 e. The Morgan fingerprint density at radius 2 is 2.00 bits per heavy atom. The minimum atomic E-state index is -3.57. The number of rotatable bonds is 6. The zero-order valence-electron chi connectivity index (χ0n) is 15.1. The number of anilines is 1. The summed E-state index contributed by atoms with van der Waals surface area (Å²) in [6.07, 6.45) is 3.77. The molecule has 1 aromatic heterocycles. The molecule has 1 aliphatic rings. The Morgan fingerprint density at radius 3 is 2.71 bits per heavy atom. The van der Waals surface area contributed by atoms with Crippen molar-refractivity contribution in [1.82, 2.24) is 9.71 Å². The summed E-state index contributed by atoms with van der Waals surface area (Å²) in [6, 6.07) is 14.5. The minimum Gasteiger partial charge on any atom is -0.344 e. The van der Waals surface area contributed by atoms with Gasteiger partial charge < -0.3 is 4.90 Å². The van der Waals surface area contributed by atoms with Crippen molar-refractivity contribution in [3.05, 3.63) is 65.1 Å². The van der Waals surface area contributed by atoms with Gasteiger partial charge in [0.25, 0.3) is 0 Å². The molecular weight excluding hydrogens is 414 g/mol. The van der Waals surface area contributed by atoms with Crippen molar-refractivity contribution in [1.29, 1.82) is 0 Å². The van der Waals surface area contributed by atoms with E-state index in [0.29, 0.717) is 11.6 Å². The van der Waals surface area contributed by atoms with E-state index in [1.807, 2.05) is 29.6 Å². The summed E-state index contributed by atoms with van der Waals surface area (Å²) in [6.45, 7) is 1.28. The molecule has 1 atom stereocenters. The van der Waals surface area contributed by atoms with E-state index in [-0.39, 0.29) is 10.9 Å². The molecule has 4 rings (SSSR count). The molecule has 0 bridgehead atoms. The van der Waals surface area contributed by atoms with Crippen molar-refractivity contribution in [2.24, 2.45) is 0 Å². The van der Waals surface area contributed by atoms with Crippen LogP contribution in [0.25, 0.3) is 11.1 Å². The van der Waals surface area contributed by atoms with Gasteiger partial charge in [0.1, 0.15) is 0 Å². The van der Waals surface area contributed by atoms with Crippen LogP contribution in [-0.4, -0.2) is 32.5 Å². The van der Waals surface area contributed by atoms with Gasteiger partial charge in [-0.05, 0) is 48.2 Å². The lowest BCUT2D eigenvalue weighted by Gasteiger charge is -2.24. The second-order valence-electron chi connectivity index (χ2n) is 6.69. The van der Waals surface area contributed by atoms with Crippen LogP contribution in [-0.2, 0) is 10.0 Å². The van der Waals surface area contributed by atoms with E-state index >= 15 is 0 Å². The molecule has 0 amide bonds. The van der Waals surface area contributed by atoms with E-state index < -0.39 is 10.0 Å². The molecule has 1 N–H and O–H groups in total. The molecule has 8 heteroatoms. The van der Waals surface area contributed by atoms with Crippen LogP contribution in [0.15, 0.2) is 65.0 Å². The van der Waals surface area contributed by atoms with Crippen LogP contribution >= 0.6 is 22.9 Å². The summed E-state index contributed by atoms with van der Waals surface area (Å²) >= 11 is 7.62. The summed E-state index contributed by atoms with van der Waals surface area (Å²) < 4.78 is 28.2. The molecule has 0 spiro atoms. The molecule has 0 saturated carbocycles. The highest BCUT2D eigenvalue weighted by atomic mass is 35.5. The smallest absolute Gasteiger partial charge is 0.240 e. The van der Waals surface area contributed by atoms with E-state index in [4.69, 9.17) is 11.6 Å². The van der Waals surface area contributed by atoms with Gasteiger partial charge >= 0.3 is 0 Å². The Hall–Kier alpha value is -1.93. The Morgan fingerprint density at radius 1 is 1.18 bits per heavy atom. The van der Waals surface area contributed by atoms with E-state index in [1.165, 1.54) is 0 Å². The van der Waals surface area contributed by atoms with Crippen molar-refractivity contribution in [3.8, 4) is 11.1 Å². The lowest BCUT2D eigenvalue weighted by atomic mass is 10.1. The average Bonchev–Trinajstić information content (AvgIpc) is 3.38. The van der Waals surface area contributed by atoms with Gasteiger partial charge in [0.15, 0.2) is 5.13 Å². The molecule has 2 heterocycles. The second-order valence-corrected chi connectivity index (χ2v) is 9.77. The molecule has 3 aromatic rings. The molecule has 0 aliphatic carbocycles. The van der Waals surface area contributed by atoms with E-state index in [0.717, 1.165) is 35.6 Å². The first-order chi connectivity index (χ1) is 13.5. The zero-order valence-corrected chi connectivity index (χ0v) is 17.5. The fraction of sp³-hybridized carbons (Fsp3) is 0.250. The SMILES string of the molecule is O=S(=O)(NCC1CCCN1c1nccs1)c1ccc(-c2cccc(Cl)c2)cc1. The Balaban J connectivity index is 1.45. The van der Waals surface area contributed by atoms with Gasteiger partial charge in [0.2, 0.25) is 10.0 Å². The maximum atomic E-state index is 12.7. The quantitative estimate of drug-likeness (QED) is 0.625. The maximum Gasteiger partial charge on any atom is 0.240 e. The molecule has 1 aliphatic heterocycles. The van der Waals surface area contributed by atoms with Gasteiger partial charge in [-0.25, -0.2) is 18.1 Å². The maximum absolute atomic E-state index is 12.7. The predicted octanol–water partition coefficient (Wildman–Crippen LogP) is 4.41. The lowest BCUT2D eigenvalue weighted by Crippen LogP contribution is -2.40. The highest BCUT2D eigenvalue weighted by Gasteiger charge is 2.27. The highest BCUT2D eigenvalue weighted by molar-refractivity contribution is 7.89. The Labute approximate surface area is 174 Å². The Bertz CT molecular complexity index is 1040. The normalized spacial score (nSPS) is 17.2. The third-order valence-electron chi connectivity index (χ3n) is 4.87. The van der Waals surface area contributed by atoms with E-state index in [9.17, 15) is 8.42 Å². The first-order valence-electron chi connectivity index (χ1n) is 9.05. The third kappa shape index (κ3) is 4.22. The number of thiazole rings is 1. The van der Waals surface area contributed by atoms with Crippen LogP contribution in [0.2, 0.25) is 5.02 Å². The number of nitrogens with one attached hydrogen (secondary N) is 1. The van der Waals surface area contributed by atoms with Gasteiger partial charge in [-0.1, -0.05) is 35.9 Å². The van der Waals surface area contributed by atoms with Gasteiger partial charge in [0, 0.05) is 35.7 Å². The monoisotopic (exact) mass is 433 g/mol. The van der Waals surface area contributed by atoms with Crippen LogP contribution in [0.5, 0.6) is 0 Å². The predicted molar refractivity (Wildman–Crippen MR) is 115 cm³/mol. The number of halogens is 1. The highest BCUT2D eigenvalue weighted by Crippen LogP contribution is 2.27. The molecule has 28 heavy (non-hydrogen) atoms. The number of aromatic nitrogens is 1. The molecule has 0 radical (unpaired) electrons. The zero-order chi connectivity index (χ0) is 19.6. The van der Waals surface area contributed by atoms with Crippen molar-refractivity contribution >= 4 is 38.1 Å². The minimum absolute atomic E-state index is 0.131. The van der Waals surface area contributed by atoms with Crippen LogP contribution < -0.4 is 9.62 Å². The Kier molecular flexibility index (Phi) is 5.68. The van der Waals surface area contributed by atoms with E-state index in [1.54, 1.807) is 41.8 Å². The standard InChI is InChI=1S/C20H20ClN3O2S2/c21-17-4-1-3-16(13-17)15-6-8-19(9-7-15)28(25,26)23-14-18-5-2-11-24(18)20-22-10-12-27-20/h1,3-4,6-10,12-13,18,23H,2,5,11,14H2. The van der Waals surface area contributed by atoms with Gasteiger partial charge in [0.05, 0.1) is 4.90 Å². The van der Waals surface area contributed by atoms with Gasteiger partial charge in [-0.15, -0.1) is 11.3 Å². The molecule has 1 fully saturated rings. The summed E-state index contributed by atoms with van der Waals surface area (Å²) in [5, 5.41) is 3.54. The van der Waals surface area contributed by atoms with Crippen LogP contribution in [0.3, 0.4) is 0 Å². The van der Waals surface area contributed by atoms with Crippen LogP contribution in [0.1, 0.15) is 12.8 Å². The first-order valence-corrected chi connectivity index (χ1v) is 11.8.